The fraction of sp³-hybridized carbons (Fsp3) is 0.294. The van der Waals surface area contributed by atoms with Crippen LogP contribution in [0.5, 0.6) is 5.75 Å². The highest BCUT2D eigenvalue weighted by atomic mass is 35.5. The van der Waals surface area contributed by atoms with Crippen molar-refractivity contribution in [1.82, 2.24) is 4.31 Å². The zero-order valence-corrected chi connectivity index (χ0v) is 14.6. The van der Waals surface area contributed by atoms with Crippen LogP contribution in [0.4, 0.5) is 0 Å². The smallest absolute Gasteiger partial charge is 0.243 e. The van der Waals surface area contributed by atoms with Crippen molar-refractivity contribution in [1.29, 1.82) is 0 Å². The Bertz CT molecular complexity index is 818. The number of sulfonamides is 1. The van der Waals surface area contributed by atoms with Crippen LogP contribution >= 0.6 is 11.6 Å². The average Bonchev–Trinajstić information content (AvgIpc) is 2.55. The highest BCUT2D eigenvalue weighted by molar-refractivity contribution is 7.89. The number of ether oxygens (including phenoxy) is 1. The Labute approximate surface area is 141 Å². The van der Waals surface area contributed by atoms with Crippen molar-refractivity contribution in [3.05, 3.63) is 58.6 Å². The number of rotatable bonds is 3. The Morgan fingerprint density at radius 3 is 2.52 bits per heavy atom. The predicted octanol–water partition coefficient (Wildman–Crippen LogP) is 3.66. The molecule has 0 aliphatic carbocycles. The summed E-state index contributed by atoms with van der Waals surface area (Å²) in [6.45, 7) is 2.37. The average molecular weight is 352 g/mol. The second-order valence-electron chi connectivity index (χ2n) is 5.56. The fourth-order valence-electron chi connectivity index (χ4n) is 2.98. The second-order valence-corrected chi connectivity index (χ2v) is 7.89. The second kappa shape index (κ2) is 6.15. The molecule has 0 amide bonds. The first-order valence-corrected chi connectivity index (χ1v) is 9.19. The molecule has 0 bridgehead atoms. The molecule has 0 aromatic heterocycles. The van der Waals surface area contributed by atoms with E-state index in [4.69, 9.17) is 16.3 Å². The van der Waals surface area contributed by atoms with Gasteiger partial charge in [0.15, 0.2) is 0 Å². The van der Waals surface area contributed by atoms with Gasteiger partial charge in [-0.15, -0.1) is 0 Å². The number of benzene rings is 2. The molecule has 0 spiro atoms. The number of methoxy groups -OCH3 is 1. The lowest BCUT2D eigenvalue weighted by molar-refractivity contribution is 0.325. The van der Waals surface area contributed by atoms with Gasteiger partial charge in [0.05, 0.1) is 12.0 Å². The third-order valence-corrected chi connectivity index (χ3v) is 6.49. The number of nitrogens with zero attached hydrogens (tertiary/aromatic N) is 1. The van der Waals surface area contributed by atoms with Gasteiger partial charge in [-0.1, -0.05) is 17.7 Å². The molecule has 0 fully saturated rings. The zero-order chi connectivity index (χ0) is 16.6. The quantitative estimate of drug-likeness (QED) is 0.847. The molecule has 1 atom stereocenters. The number of halogens is 1. The van der Waals surface area contributed by atoms with Gasteiger partial charge in [-0.2, -0.15) is 4.31 Å². The molecule has 2 aromatic rings. The van der Waals surface area contributed by atoms with Crippen LogP contribution in [0.15, 0.2) is 47.4 Å². The lowest BCUT2D eigenvalue weighted by Gasteiger charge is -2.34. The van der Waals surface area contributed by atoms with Crippen LogP contribution in [0.1, 0.15) is 24.1 Å². The van der Waals surface area contributed by atoms with Gasteiger partial charge in [0, 0.05) is 17.6 Å². The molecule has 2 aromatic carbocycles. The van der Waals surface area contributed by atoms with Gasteiger partial charge in [0.25, 0.3) is 0 Å². The molecule has 23 heavy (non-hydrogen) atoms. The summed E-state index contributed by atoms with van der Waals surface area (Å²) in [6.07, 6.45) is 0.670. The van der Waals surface area contributed by atoms with E-state index in [1.807, 2.05) is 25.1 Å². The van der Waals surface area contributed by atoms with Gasteiger partial charge < -0.3 is 4.74 Å². The van der Waals surface area contributed by atoms with Gasteiger partial charge in [0.1, 0.15) is 5.75 Å². The maximum atomic E-state index is 12.9. The van der Waals surface area contributed by atoms with Gasteiger partial charge in [-0.25, -0.2) is 8.42 Å². The van der Waals surface area contributed by atoms with Crippen LogP contribution in [0, 0.1) is 0 Å². The number of hydrogen-bond acceptors (Lipinski definition) is 3. The number of fused-ring (bicyclic) bond motifs is 1. The van der Waals surface area contributed by atoms with Crippen LogP contribution in [0.3, 0.4) is 0 Å². The topological polar surface area (TPSA) is 46.6 Å². The normalized spacial score (nSPS) is 18.5. The first kappa shape index (κ1) is 16.3. The van der Waals surface area contributed by atoms with Crippen molar-refractivity contribution >= 4 is 21.6 Å². The van der Waals surface area contributed by atoms with Crippen molar-refractivity contribution in [2.45, 2.75) is 24.3 Å². The Kier molecular flexibility index (Phi) is 4.36. The highest BCUT2D eigenvalue weighted by Crippen LogP contribution is 2.35. The third kappa shape index (κ3) is 2.96. The Balaban J connectivity index is 1.96. The van der Waals surface area contributed by atoms with Crippen LogP contribution in [-0.2, 0) is 16.4 Å². The summed E-state index contributed by atoms with van der Waals surface area (Å²) < 4.78 is 32.6. The zero-order valence-electron chi connectivity index (χ0n) is 13.0. The van der Waals surface area contributed by atoms with E-state index in [1.54, 1.807) is 35.7 Å². The summed E-state index contributed by atoms with van der Waals surface area (Å²) in [5.41, 5.74) is 2.16. The Morgan fingerprint density at radius 1 is 1.17 bits per heavy atom. The molecule has 0 N–H and O–H groups in total. The Hall–Kier alpha value is -1.56. The van der Waals surface area contributed by atoms with Crippen LogP contribution < -0.4 is 4.74 Å². The molecule has 1 heterocycles. The molecular weight excluding hydrogens is 334 g/mol. The fourth-order valence-corrected chi connectivity index (χ4v) is 4.72. The maximum Gasteiger partial charge on any atom is 0.243 e. The lowest BCUT2D eigenvalue weighted by Crippen LogP contribution is -2.38. The van der Waals surface area contributed by atoms with Crippen LogP contribution in [0.25, 0.3) is 0 Å². The van der Waals surface area contributed by atoms with E-state index in [1.165, 1.54) is 0 Å². The molecule has 4 nitrogen and oxygen atoms in total. The number of hydrogen-bond donors (Lipinski definition) is 0. The van der Waals surface area contributed by atoms with Crippen molar-refractivity contribution in [2.75, 3.05) is 13.7 Å². The van der Waals surface area contributed by atoms with E-state index in [0.29, 0.717) is 18.0 Å². The predicted molar refractivity (Wildman–Crippen MR) is 90.5 cm³/mol. The van der Waals surface area contributed by atoms with Gasteiger partial charge in [0.2, 0.25) is 10.0 Å². The summed E-state index contributed by atoms with van der Waals surface area (Å²) >= 11 is 5.85. The van der Waals surface area contributed by atoms with E-state index in [-0.39, 0.29) is 10.9 Å². The highest BCUT2D eigenvalue weighted by Gasteiger charge is 2.33. The molecular formula is C17H18ClNO3S. The minimum atomic E-state index is -3.54. The SMILES string of the molecule is COc1ccc2c(c1)CCN(S(=O)(=O)c1ccc(Cl)cc1)C2C. The summed E-state index contributed by atoms with van der Waals surface area (Å²) in [5.74, 6) is 0.796. The van der Waals surface area contributed by atoms with Crippen molar-refractivity contribution in [3.8, 4) is 5.75 Å². The van der Waals surface area contributed by atoms with Crippen molar-refractivity contribution < 1.29 is 13.2 Å². The van der Waals surface area contributed by atoms with E-state index < -0.39 is 10.0 Å². The monoisotopic (exact) mass is 351 g/mol. The van der Waals surface area contributed by atoms with E-state index >= 15 is 0 Å². The molecule has 1 aliphatic heterocycles. The summed E-state index contributed by atoms with van der Waals surface area (Å²) in [4.78, 5) is 0.269. The van der Waals surface area contributed by atoms with E-state index in [9.17, 15) is 8.42 Å². The van der Waals surface area contributed by atoms with Gasteiger partial charge in [-0.3, -0.25) is 0 Å². The summed E-state index contributed by atoms with van der Waals surface area (Å²) in [6, 6.07) is 11.9. The molecule has 0 radical (unpaired) electrons. The van der Waals surface area contributed by atoms with Crippen molar-refractivity contribution in [2.24, 2.45) is 0 Å². The maximum absolute atomic E-state index is 12.9. The lowest BCUT2D eigenvalue weighted by atomic mass is 9.95. The molecule has 1 unspecified atom stereocenters. The van der Waals surface area contributed by atoms with Crippen molar-refractivity contribution in [3.63, 3.8) is 0 Å². The molecule has 3 rings (SSSR count). The third-order valence-electron chi connectivity index (χ3n) is 4.25. The summed E-state index contributed by atoms with van der Waals surface area (Å²) in [7, 11) is -1.91. The first-order chi connectivity index (χ1) is 10.9. The van der Waals surface area contributed by atoms with Crippen LogP contribution in [-0.4, -0.2) is 26.4 Å². The summed E-state index contributed by atoms with van der Waals surface area (Å²) in [5, 5.41) is 0.521. The molecule has 122 valence electrons. The standard InChI is InChI=1S/C17H18ClNO3S/c1-12-17-8-5-15(22-2)11-13(17)9-10-19(12)23(20,21)16-6-3-14(18)4-7-16/h3-8,11-12H,9-10H2,1-2H3. The van der Waals surface area contributed by atoms with E-state index in [0.717, 1.165) is 16.9 Å². The van der Waals surface area contributed by atoms with E-state index in [2.05, 4.69) is 0 Å². The largest absolute Gasteiger partial charge is 0.497 e. The minimum absolute atomic E-state index is 0.217. The molecule has 0 saturated carbocycles. The first-order valence-electron chi connectivity index (χ1n) is 7.37. The Morgan fingerprint density at radius 2 is 1.87 bits per heavy atom. The molecule has 1 aliphatic rings. The van der Waals surface area contributed by atoms with Gasteiger partial charge >= 0.3 is 0 Å². The van der Waals surface area contributed by atoms with Gasteiger partial charge in [-0.05, 0) is 60.9 Å². The van der Waals surface area contributed by atoms with Crippen LogP contribution in [0.2, 0.25) is 5.02 Å². The minimum Gasteiger partial charge on any atom is -0.497 e. The molecule has 0 saturated heterocycles. The molecule has 6 heteroatoms.